The molecular weight excluding hydrogens is 224 g/mol. The smallest absolute Gasteiger partial charge is 0.409 e. The molecule has 0 aliphatic heterocycles. The number of rotatable bonds is 3. The van der Waals surface area contributed by atoms with Gasteiger partial charge >= 0.3 is 12.1 Å². The Kier molecular flexibility index (Phi) is 4.94. The zero-order valence-electron chi connectivity index (χ0n) is 11.2. The summed E-state index contributed by atoms with van der Waals surface area (Å²) >= 11 is 0. The lowest BCUT2D eigenvalue weighted by Gasteiger charge is -2.27. The number of carboxylic acid groups (broad SMARTS) is 1. The molecule has 1 atom stereocenters. The lowest BCUT2D eigenvalue weighted by Crippen LogP contribution is -2.57. The third-order valence-electron chi connectivity index (χ3n) is 1.49. The topological polar surface area (TPSA) is 87.7 Å². The van der Waals surface area contributed by atoms with Gasteiger partial charge in [-0.15, -0.1) is 0 Å². The molecule has 17 heavy (non-hydrogen) atoms. The van der Waals surface area contributed by atoms with Gasteiger partial charge in [-0.1, -0.05) is 0 Å². The first-order chi connectivity index (χ1) is 7.41. The molecule has 0 spiro atoms. The number of alkyl carbamates (subject to hydrolysis) is 1. The Morgan fingerprint density at radius 1 is 1.12 bits per heavy atom. The van der Waals surface area contributed by atoms with Crippen LogP contribution in [0.4, 0.5) is 4.79 Å². The second-order valence-corrected chi connectivity index (χ2v) is 5.81. The van der Waals surface area contributed by atoms with Gasteiger partial charge in [-0.25, -0.2) is 9.59 Å². The average molecular weight is 246 g/mol. The van der Waals surface area contributed by atoms with Gasteiger partial charge in [-0.2, -0.15) is 0 Å². The summed E-state index contributed by atoms with van der Waals surface area (Å²) in [6.45, 7) is 10.5. The van der Waals surface area contributed by atoms with Crippen LogP contribution in [0.5, 0.6) is 0 Å². The first kappa shape index (κ1) is 15.7. The average Bonchev–Trinajstić information content (AvgIpc) is 1.95. The lowest BCUT2D eigenvalue weighted by atomic mass is 10.1. The van der Waals surface area contributed by atoms with Crippen molar-refractivity contribution in [2.75, 3.05) is 0 Å². The third kappa shape index (κ3) is 8.50. The molecule has 6 heteroatoms. The van der Waals surface area contributed by atoms with Crippen molar-refractivity contribution < 1.29 is 19.4 Å². The summed E-state index contributed by atoms with van der Waals surface area (Å²) in [5.41, 5.74) is -1.09. The van der Waals surface area contributed by atoms with Crippen molar-refractivity contribution in [2.24, 2.45) is 0 Å². The van der Waals surface area contributed by atoms with E-state index in [1.54, 1.807) is 41.5 Å². The number of carbonyl (C=O) groups excluding carboxylic acids is 1. The Morgan fingerprint density at radius 3 is 1.88 bits per heavy atom. The van der Waals surface area contributed by atoms with Crippen LogP contribution >= 0.6 is 0 Å². The van der Waals surface area contributed by atoms with Gasteiger partial charge in [0.25, 0.3) is 0 Å². The Hall–Kier alpha value is -1.30. The predicted molar refractivity (Wildman–Crippen MR) is 63.7 cm³/mol. The Morgan fingerprint density at radius 2 is 1.59 bits per heavy atom. The van der Waals surface area contributed by atoms with Crippen LogP contribution in [-0.2, 0) is 9.53 Å². The van der Waals surface area contributed by atoms with E-state index >= 15 is 0 Å². The molecule has 0 bridgehead atoms. The lowest BCUT2D eigenvalue weighted by molar-refractivity contribution is -0.141. The molecule has 0 radical (unpaired) electrons. The SMILES string of the molecule is CC(C)(C)N[C@@H](NC(=O)OC(C)(C)C)C(=O)O. The molecule has 3 N–H and O–H groups in total. The van der Waals surface area contributed by atoms with Gasteiger partial charge in [-0.05, 0) is 41.5 Å². The molecule has 0 unspecified atom stereocenters. The van der Waals surface area contributed by atoms with Crippen LogP contribution in [0, 0.1) is 0 Å². The van der Waals surface area contributed by atoms with Crippen LogP contribution in [-0.4, -0.2) is 34.5 Å². The van der Waals surface area contributed by atoms with Gasteiger partial charge in [0.15, 0.2) is 6.17 Å². The molecule has 0 aliphatic carbocycles. The molecule has 0 heterocycles. The quantitative estimate of drug-likeness (QED) is 0.653. The van der Waals surface area contributed by atoms with Crippen molar-refractivity contribution in [3.63, 3.8) is 0 Å². The van der Waals surface area contributed by atoms with E-state index in [2.05, 4.69) is 10.6 Å². The minimum absolute atomic E-state index is 0.432. The Bertz CT molecular complexity index is 289. The molecule has 0 saturated heterocycles. The number of carbonyl (C=O) groups is 2. The maximum absolute atomic E-state index is 11.4. The normalized spacial score (nSPS) is 14.0. The van der Waals surface area contributed by atoms with E-state index in [1.165, 1.54) is 0 Å². The second-order valence-electron chi connectivity index (χ2n) is 5.81. The predicted octanol–water partition coefficient (Wildman–Crippen LogP) is 1.31. The van der Waals surface area contributed by atoms with Gasteiger partial charge < -0.3 is 9.84 Å². The Balaban J connectivity index is 4.47. The fourth-order valence-electron chi connectivity index (χ4n) is 1.02. The van der Waals surface area contributed by atoms with Crippen LogP contribution in [0.2, 0.25) is 0 Å². The molecule has 0 saturated carbocycles. The highest BCUT2D eigenvalue weighted by Crippen LogP contribution is 2.07. The van der Waals surface area contributed by atoms with Crippen molar-refractivity contribution in [1.29, 1.82) is 0 Å². The fraction of sp³-hybridized carbons (Fsp3) is 0.818. The van der Waals surface area contributed by atoms with E-state index in [0.29, 0.717) is 0 Å². The van der Waals surface area contributed by atoms with Crippen LogP contribution < -0.4 is 10.6 Å². The molecule has 0 aromatic heterocycles. The number of hydrogen-bond acceptors (Lipinski definition) is 4. The van der Waals surface area contributed by atoms with Crippen molar-refractivity contribution in [1.82, 2.24) is 10.6 Å². The van der Waals surface area contributed by atoms with Crippen LogP contribution in [0.1, 0.15) is 41.5 Å². The fourth-order valence-corrected chi connectivity index (χ4v) is 1.02. The maximum Gasteiger partial charge on any atom is 0.409 e. The molecule has 0 aliphatic rings. The number of hydrogen-bond donors (Lipinski definition) is 3. The van der Waals surface area contributed by atoms with E-state index in [-0.39, 0.29) is 0 Å². The van der Waals surface area contributed by atoms with Crippen molar-refractivity contribution in [3.05, 3.63) is 0 Å². The monoisotopic (exact) mass is 246 g/mol. The summed E-state index contributed by atoms with van der Waals surface area (Å²) in [5, 5.41) is 14.0. The number of ether oxygens (including phenoxy) is 1. The second kappa shape index (κ2) is 5.35. The maximum atomic E-state index is 11.4. The summed E-state index contributed by atoms with van der Waals surface area (Å²) in [5.74, 6) is -1.16. The highest BCUT2D eigenvalue weighted by atomic mass is 16.6. The Labute approximate surface area is 102 Å². The molecule has 6 nitrogen and oxygen atoms in total. The summed E-state index contributed by atoms with van der Waals surface area (Å²) in [7, 11) is 0. The van der Waals surface area contributed by atoms with E-state index in [9.17, 15) is 9.59 Å². The zero-order chi connectivity index (χ0) is 13.9. The summed E-state index contributed by atoms with van der Waals surface area (Å²) in [6, 6.07) is 0. The van der Waals surface area contributed by atoms with E-state index in [4.69, 9.17) is 9.84 Å². The molecule has 0 fully saturated rings. The molecule has 0 aromatic carbocycles. The number of carboxylic acids is 1. The summed E-state index contributed by atoms with van der Waals surface area (Å²) in [4.78, 5) is 22.4. The molecule has 0 rings (SSSR count). The van der Waals surface area contributed by atoms with Crippen LogP contribution in [0.25, 0.3) is 0 Å². The van der Waals surface area contributed by atoms with Gasteiger partial charge in [0.05, 0.1) is 0 Å². The minimum atomic E-state index is -1.18. The third-order valence-corrected chi connectivity index (χ3v) is 1.49. The van der Waals surface area contributed by atoms with E-state index in [0.717, 1.165) is 0 Å². The van der Waals surface area contributed by atoms with E-state index < -0.39 is 29.4 Å². The van der Waals surface area contributed by atoms with Gasteiger partial charge in [0.1, 0.15) is 5.60 Å². The zero-order valence-corrected chi connectivity index (χ0v) is 11.2. The standard InChI is InChI=1S/C11H22N2O4/c1-10(2,3)13-7(8(14)15)12-9(16)17-11(4,5)6/h7,13H,1-6H3,(H,12,16)(H,14,15)/t7-/m1/s1. The molecule has 100 valence electrons. The minimum Gasteiger partial charge on any atom is -0.479 e. The van der Waals surface area contributed by atoms with Gasteiger partial charge in [0.2, 0.25) is 0 Å². The highest BCUT2D eigenvalue weighted by Gasteiger charge is 2.27. The molecular formula is C11H22N2O4. The van der Waals surface area contributed by atoms with Crippen LogP contribution in [0.15, 0.2) is 0 Å². The van der Waals surface area contributed by atoms with Crippen molar-refractivity contribution >= 4 is 12.1 Å². The summed E-state index contributed by atoms with van der Waals surface area (Å²) in [6.07, 6.45) is -1.94. The number of aliphatic carboxylic acids is 1. The largest absolute Gasteiger partial charge is 0.479 e. The highest BCUT2D eigenvalue weighted by molar-refractivity contribution is 5.79. The van der Waals surface area contributed by atoms with Crippen molar-refractivity contribution in [3.8, 4) is 0 Å². The van der Waals surface area contributed by atoms with Crippen molar-refractivity contribution in [2.45, 2.75) is 58.8 Å². The number of nitrogens with one attached hydrogen (secondary N) is 2. The number of amides is 1. The van der Waals surface area contributed by atoms with Crippen LogP contribution in [0.3, 0.4) is 0 Å². The molecule has 1 amide bonds. The van der Waals surface area contributed by atoms with E-state index in [1.807, 2.05) is 0 Å². The summed E-state index contributed by atoms with van der Waals surface area (Å²) < 4.78 is 4.98. The first-order valence-corrected chi connectivity index (χ1v) is 5.41. The first-order valence-electron chi connectivity index (χ1n) is 5.41. The molecule has 0 aromatic rings. The van der Waals surface area contributed by atoms with Gasteiger partial charge in [-0.3, -0.25) is 10.6 Å². The van der Waals surface area contributed by atoms with Gasteiger partial charge in [0, 0.05) is 5.54 Å².